The molecule has 0 saturated carbocycles. The molecule has 4 nitrogen and oxygen atoms in total. The highest BCUT2D eigenvalue weighted by Gasteiger charge is 2.19. The van der Waals surface area contributed by atoms with Crippen molar-refractivity contribution in [3.63, 3.8) is 0 Å². The van der Waals surface area contributed by atoms with Gasteiger partial charge in [-0.25, -0.2) is 0 Å². The zero-order valence-electron chi connectivity index (χ0n) is 10.2. The van der Waals surface area contributed by atoms with Crippen molar-refractivity contribution in [2.45, 2.75) is 13.8 Å². The van der Waals surface area contributed by atoms with Crippen molar-refractivity contribution >= 4 is 17.5 Å². The van der Waals surface area contributed by atoms with Gasteiger partial charge in [0, 0.05) is 19.2 Å². The molecule has 1 amide bonds. The monoisotopic (exact) mass is 257 g/mol. The van der Waals surface area contributed by atoms with Crippen LogP contribution in [0.15, 0.2) is 12.1 Å². The summed E-state index contributed by atoms with van der Waals surface area (Å²) in [6.45, 7) is 5.01. The second-order valence-corrected chi connectivity index (χ2v) is 3.89. The van der Waals surface area contributed by atoms with Gasteiger partial charge >= 0.3 is 0 Å². The third-order valence-corrected chi connectivity index (χ3v) is 2.85. The van der Waals surface area contributed by atoms with Crippen LogP contribution < -0.4 is 4.74 Å². The molecule has 0 radical (unpaired) electrons. The summed E-state index contributed by atoms with van der Waals surface area (Å²) >= 11 is 5.80. The maximum absolute atomic E-state index is 12.2. The second kappa shape index (κ2) is 5.77. The van der Waals surface area contributed by atoms with E-state index in [2.05, 4.69) is 0 Å². The first-order valence-electron chi connectivity index (χ1n) is 5.40. The number of hydrogen-bond acceptors (Lipinski definition) is 3. The van der Waals surface area contributed by atoms with E-state index in [0.717, 1.165) is 0 Å². The quantitative estimate of drug-likeness (QED) is 0.902. The van der Waals surface area contributed by atoms with Crippen molar-refractivity contribution in [2.75, 3.05) is 20.2 Å². The molecule has 1 aromatic rings. The molecule has 0 aliphatic carbocycles. The fourth-order valence-corrected chi connectivity index (χ4v) is 1.72. The molecule has 17 heavy (non-hydrogen) atoms. The Morgan fingerprint density at radius 3 is 2.47 bits per heavy atom. The predicted octanol–water partition coefficient (Wildman–Crippen LogP) is 2.54. The Hall–Kier alpha value is -1.42. The summed E-state index contributed by atoms with van der Waals surface area (Å²) in [6, 6.07) is 2.77. The molecule has 1 N–H and O–H groups in total. The van der Waals surface area contributed by atoms with E-state index >= 15 is 0 Å². The van der Waals surface area contributed by atoms with E-state index < -0.39 is 0 Å². The van der Waals surface area contributed by atoms with Crippen molar-refractivity contribution in [1.82, 2.24) is 4.90 Å². The summed E-state index contributed by atoms with van der Waals surface area (Å²) in [5.41, 5.74) is 0.360. The van der Waals surface area contributed by atoms with E-state index in [0.29, 0.717) is 24.4 Å². The molecule has 0 aromatic heterocycles. The minimum Gasteiger partial charge on any atom is -0.506 e. The normalized spacial score (nSPS) is 10.1. The molecular formula is C12H16ClNO3. The number of rotatable bonds is 4. The molecule has 0 heterocycles. The number of phenolic OH excluding ortho intramolecular Hbond substituents is 1. The van der Waals surface area contributed by atoms with Gasteiger partial charge in [-0.2, -0.15) is 0 Å². The number of methoxy groups -OCH3 is 1. The number of amides is 1. The minimum absolute atomic E-state index is 0.0976. The van der Waals surface area contributed by atoms with Gasteiger partial charge in [0.25, 0.3) is 5.91 Å². The van der Waals surface area contributed by atoms with Crippen LogP contribution in [0.2, 0.25) is 5.02 Å². The van der Waals surface area contributed by atoms with Crippen LogP contribution in [0.25, 0.3) is 0 Å². The van der Waals surface area contributed by atoms with Gasteiger partial charge in [-0.1, -0.05) is 11.6 Å². The lowest BCUT2D eigenvalue weighted by Crippen LogP contribution is -2.30. The lowest BCUT2D eigenvalue weighted by molar-refractivity contribution is 0.0769. The summed E-state index contributed by atoms with van der Waals surface area (Å²) in [7, 11) is 1.45. The lowest BCUT2D eigenvalue weighted by atomic mass is 10.1. The van der Waals surface area contributed by atoms with Crippen LogP contribution in [0.1, 0.15) is 24.2 Å². The number of carbonyl (C=O) groups is 1. The first-order chi connectivity index (χ1) is 8.04. The number of nitrogens with zero attached hydrogens (tertiary/aromatic N) is 1. The Labute approximate surface area is 106 Å². The van der Waals surface area contributed by atoms with Crippen molar-refractivity contribution in [3.05, 3.63) is 22.7 Å². The Morgan fingerprint density at radius 2 is 2.00 bits per heavy atom. The Balaban J connectivity index is 3.20. The highest BCUT2D eigenvalue weighted by molar-refractivity contribution is 6.32. The van der Waals surface area contributed by atoms with Gasteiger partial charge in [-0.05, 0) is 19.9 Å². The smallest absolute Gasteiger partial charge is 0.257 e. The number of aromatic hydroxyl groups is 1. The summed E-state index contributed by atoms with van der Waals surface area (Å²) in [5.74, 6) is 0.0668. The van der Waals surface area contributed by atoms with Crippen LogP contribution in [0.5, 0.6) is 11.5 Å². The van der Waals surface area contributed by atoms with Crippen LogP contribution in [0, 0.1) is 0 Å². The van der Waals surface area contributed by atoms with Crippen LogP contribution in [0.4, 0.5) is 0 Å². The molecule has 94 valence electrons. The highest BCUT2D eigenvalue weighted by atomic mass is 35.5. The molecule has 1 aromatic carbocycles. The van der Waals surface area contributed by atoms with E-state index in [4.69, 9.17) is 16.3 Å². The standard InChI is InChI=1S/C12H16ClNO3/c1-4-14(5-2)12(16)8-6-9(13)10(15)7-11(8)17-3/h6-7,15H,4-5H2,1-3H3. The maximum atomic E-state index is 12.2. The summed E-state index contributed by atoms with van der Waals surface area (Å²) in [6.07, 6.45) is 0. The SMILES string of the molecule is CCN(CC)C(=O)c1cc(Cl)c(O)cc1OC. The van der Waals surface area contributed by atoms with Gasteiger partial charge in [-0.15, -0.1) is 0 Å². The zero-order chi connectivity index (χ0) is 13.0. The molecular weight excluding hydrogens is 242 g/mol. The number of ether oxygens (including phenoxy) is 1. The van der Waals surface area contributed by atoms with E-state index in [-0.39, 0.29) is 16.7 Å². The molecule has 0 spiro atoms. The fraction of sp³-hybridized carbons (Fsp3) is 0.417. The van der Waals surface area contributed by atoms with Gasteiger partial charge in [0.2, 0.25) is 0 Å². The van der Waals surface area contributed by atoms with Crippen LogP contribution in [-0.2, 0) is 0 Å². The zero-order valence-corrected chi connectivity index (χ0v) is 10.9. The molecule has 1 rings (SSSR count). The summed E-state index contributed by atoms with van der Waals surface area (Å²) in [5, 5.41) is 9.59. The molecule has 0 aliphatic heterocycles. The Morgan fingerprint density at radius 1 is 1.41 bits per heavy atom. The van der Waals surface area contributed by atoms with Gasteiger partial charge in [0.05, 0.1) is 17.7 Å². The minimum atomic E-state index is -0.159. The average Bonchev–Trinajstić information content (AvgIpc) is 2.33. The van der Waals surface area contributed by atoms with Gasteiger partial charge in [0.1, 0.15) is 11.5 Å². The van der Waals surface area contributed by atoms with E-state index in [1.807, 2.05) is 13.8 Å². The van der Waals surface area contributed by atoms with Crippen LogP contribution in [0.3, 0.4) is 0 Å². The first-order valence-corrected chi connectivity index (χ1v) is 5.78. The Bertz CT molecular complexity index is 416. The first kappa shape index (κ1) is 13.6. The maximum Gasteiger partial charge on any atom is 0.257 e. The topological polar surface area (TPSA) is 49.8 Å². The molecule has 5 heteroatoms. The van der Waals surface area contributed by atoms with Crippen molar-refractivity contribution < 1.29 is 14.6 Å². The molecule has 0 unspecified atom stereocenters. The van der Waals surface area contributed by atoms with E-state index in [1.54, 1.807) is 4.90 Å². The largest absolute Gasteiger partial charge is 0.506 e. The van der Waals surface area contributed by atoms with Gasteiger partial charge in [0.15, 0.2) is 0 Å². The average molecular weight is 258 g/mol. The van der Waals surface area contributed by atoms with E-state index in [9.17, 15) is 9.90 Å². The number of carbonyl (C=O) groups excluding carboxylic acids is 1. The van der Waals surface area contributed by atoms with Crippen LogP contribution in [-0.4, -0.2) is 36.1 Å². The van der Waals surface area contributed by atoms with Crippen molar-refractivity contribution in [3.8, 4) is 11.5 Å². The lowest BCUT2D eigenvalue weighted by Gasteiger charge is -2.20. The summed E-state index contributed by atoms with van der Waals surface area (Å²) in [4.78, 5) is 13.8. The van der Waals surface area contributed by atoms with Crippen molar-refractivity contribution in [2.24, 2.45) is 0 Å². The summed E-state index contributed by atoms with van der Waals surface area (Å²) < 4.78 is 5.08. The number of halogens is 1. The van der Waals surface area contributed by atoms with E-state index in [1.165, 1.54) is 19.2 Å². The second-order valence-electron chi connectivity index (χ2n) is 3.48. The third kappa shape index (κ3) is 2.82. The van der Waals surface area contributed by atoms with Gasteiger partial charge < -0.3 is 14.7 Å². The number of hydrogen-bond donors (Lipinski definition) is 1. The van der Waals surface area contributed by atoms with Crippen LogP contribution >= 0.6 is 11.6 Å². The highest BCUT2D eigenvalue weighted by Crippen LogP contribution is 2.32. The molecule has 0 atom stereocenters. The third-order valence-electron chi connectivity index (χ3n) is 2.55. The molecule has 0 saturated heterocycles. The Kier molecular flexibility index (Phi) is 4.63. The van der Waals surface area contributed by atoms with Crippen molar-refractivity contribution in [1.29, 1.82) is 0 Å². The number of benzene rings is 1. The fourth-order valence-electron chi connectivity index (χ4n) is 1.56. The molecule has 0 fully saturated rings. The molecule has 0 aliphatic rings. The number of phenols is 1. The molecule has 0 bridgehead atoms. The van der Waals surface area contributed by atoms with Gasteiger partial charge in [-0.3, -0.25) is 4.79 Å². The predicted molar refractivity (Wildman–Crippen MR) is 66.9 cm³/mol.